The Morgan fingerprint density at radius 1 is 1.00 bits per heavy atom. The van der Waals surface area contributed by atoms with Crippen molar-refractivity contribution < 1.29 is 24.0 Å². The van der Waals surface area contributed by atoms with Crippen LogP contribution in [0.25, 0.3) is 0 Å². The van der Waals surface area contributed by atoms with Gasteiger partial charge in [0.1, 0.15) is 22.3 Å². The fourth-order valence-corrected chi connectivity index (χ4v) is 9.89. The van der Waals surface area contributed by atoms with Crippen LogP contribution >= 0.6 is 35.0 Å². The van der Waals surface area contributed by atoms with Gasteiger partial charge in [-0.15, -0.1) is 54.7 Å². The first-order valence-electron chi connectivity index (χ1n) is 17.3. The van der Waals surface area contributed by atoms with Crippen LogP contribution in [0.2, 0.25) is 0 Å². The number of halogens is 2. The van der Waals surface area contributed by atoms with E-state index < -0.39 is 69.1 Å². The Morgan fingerprint density at radius 3 is 2.33 bits per heavy atom. The second kappa shape index (κ2) is 16.2. The zero-order valence-corrected chi connectivity index (χ0v) is 31.5. The Morgan fingerprint density at radius 2 is 1.71 bits per heavy atom. The second-order valence-electron chi connectivity index (χ2n) is 15.6. The number of thioether (sulfide) groups is 1. The van der Waals surface area contributed by atoms with Crippen molar-refractivity contribution in [1.82, 2.24) is 26.2 Å². The molecule has 0 aromatic rings. The van der Waals surface area contributed by atoms with Gasteiger partial charge in [0, 0.05) is 36.2 Å². The van der Waals surface area contributed by atoms with Gasteiger partial charge in [-0.05, 0) is 74.5 Å². The van der Waals surface area contributed by atoms with Crippen molar-refractivity contribution in [2.45, 2.75) is 94.1 Å². The van der Waals surface area contributed by atoms with Crippen LogP contribution < -0.4 is 21.3 Å². The molecule has 1 saturated heterocycles. The monoisotopic (exact) mass is 737 g/mol. The third-order valence-electron chi connectivity index (χ3n) is 10.8. The van der Waals surface area contributed by atoms with E-state index in [9.17, 15) is 24.0 Å². The van der Waals surface area contributed by atoms with Crippen molar-refractivity contribution in [2.24, 2.45) is 40.9 Å². The second-order valence-corrected chi connectivity index (χ2v) is 17.9. The van der Waals surface area contributed by atoms with Gasteiger partial charge in [0.15, 0.2) is 0 Å². The fourth-order valence-electron chi connectivity index (χ4n) is 8.61. The molecule has 0 radical (unpaired) electrons. The molecule has 4 aliphatic rings. The number of hydrogen-bond donors (Lipinski definition) is 4. The maximum Gasteiger partial charge on any atom is 0.315 e. The highest BCUT2D eigenvalue weighted by atomic mass is 35.5. The molecule has 272 valence electrons. The first kappa shape index (κ1) is 39.3. The van der Waals surface area contributed by atoms with E-state index in [1.165, 1.54) is 30.2 Å². The van der Waals surface area contributed by atoms with E-state index in [0.29, 0.717) is 18.3 Å². The number of fused-ring (bicyclic) bond motifs is 1. The number of amides is 5. The number of carbonyl (C=O) groups is 5. The summed E-state index contributed by atoms with van der Waals surface area (Å²) in [6.07, 6.45) is 10.7. The SMILES string of the molecule is C=CCCNC(=O)C(=O)C(NC(=O)[C@@H]1C(C=C)[C@@H](C(Cl)Cl)CN1C(=O)C(NC(=O)NC1(C)CC2CC3CC(C1)C3C2)C(C)(C)C)SCC=C. The summed E-state index contributed by atoms with van der Waals surface area (Å²) in [7, 11) is 0. The Bertz CT molecular complexity index is 1320. The zero-order valence-electron chi connectivity index (χ0n) is 29.1. The zero-order chi connectivity index (χ0) is 36.3. The van der Waals surface area contributed by atoms with Crippen LogP contribution in [0, 0.1) is 40.9 Å². The number of alkyl halides is 2. The molecule has 10 atom stereocenters. The van der Waals surface area contributed by atoms with Crippen LogP contribution in [0.5, 0.6) is 0 Å². The molecule has 0 spiro atoms. The van der Waals surface area contributed by atoms with Crippen LogP contribution in [-0.2, 0) is 19.2 Å². The molecule has 1 heterocycles. The van der Waals surface area contributed by atoms with E-state index >= 15 is 0 Å². The third kappa shape index (κ3) is 9.06. The molecule has 0 aromatic carbocycles. The minimum Gasteiger partial charge on any atom is -0.349 e. The van der Waals surface area contributed by atoms with E-state index in [-0.39, 0.29) is 24.4 Å². The summed E-state index contributed by atoms with van der Waals surface area (Å²) in [5.41, 5.74) is -1.13. The van der Waals surface area contributed by atoms with E-state index in [0.717, 1.165) is 36.4 Å². The van der Waals surface area contributed by atoms with E-state index in [4.69, 9.17) is 23.2 Å². The van der Waals surface area contributed by atoms with Gasteiger partial charge >= 0.3 is 6.03 Å². The number of likely N-dealkylation sites (tertiary alicyclic amines) is 1. The summed E-state index contributed by atoms with van der Waals surface area (Å²) >= 11 is 13.8. The Labute approximate surface area is 305 Å². The Hall–Kier alpha value is -2.50. The molecule has 10 nitrogen and oxygen atoms in total. The van der Waals surface area contributed by atoms with Gasteiger partial charge in [-0.1, -0.05) is 39.0 Å². The van der Waals surface area contributed by atoms with Crippen molar-refractivity contribution in [1.29, 1.82) is 0 Å². The maximum atomic E-state index is 14.5. The van der Waals surface area contributed by atoms with Gasteiger partial charge in [-0.3, -0.25) is 19.2 Å². The standard InChI is InChI=1S/C36H53Cl2N5O5S/c1-8-11-12-39-31(46)27(44)32(49-13-9-2)41-30(45)26-23(10-3)25(29(37)38)19-43(26)33(47)28(35(4,5)6)40-34(48)42-36(7)17-20-14-21-16-22(18-36)24(21)15-20/h8-10,20-26,28-29,32H,1-3,11-19H2,4-7H3,(H,39,46)(H,41,45)(H2,40,42,48)/t20?,21?,22?,23?,24?,25-,26-,28?,32?,36?/m0/s1. The first-order valence-corrected chi connectivity index (χ1v) is 19.2. The van der Waals surface area contributed by atoms with Crippen LogP contribution in [0.1, 0.15) is 66.2 Å². The highest BCUT2D eigenvalue weighted by molar-refractivity contribution is 8.00. The Kier molecular flexibility index (Phi) is 13.0. The van der Waals surface area contributed by atoms with E-state index in [2.05, 4.69) is 47.9 Å². The van der Waals surface area contributed by atoms with Crippen molar-refractivity contribution >= 4 is 64.5 Å². The van der Waals surface area contributed by atoms with Gasteiger partial charge in [0.2, 0.25) is 11.8 Å². The average molecular weight is 739 g/mol. The number of Topliss-reactive ketones (excluding diaryl/α,β-unsaturated/α-hetero) is 1. The molecular weight excluding hydrogens is 685 g/mol. The molecule has 1 aliphatic heterocycles. The molecule has 2 bridgehead atoms. The molecule has 13 heteroatoms. The highest BCUT2D eigenvalue weighted by Gasteiger charge is 2.55. The molecule has 49 heavy (non-hydrogen) atoms. The lowest BCUT2D eigenvalue weighted by molar-refractivity contribution is -0.143. The van der Waals surface area contributed by atoms with Gasteiger partial charge in [0.05, 0.1) is 0 Å². The van der Waals surface area contributed by atoms with Gasteiger partial charge in [0.25, 0.3) is 11.7 Å². The molecule has 8 unspecified atom stereocenters. The van der Waals surface area contributed by atoms with Gasteiger partial charge in [-0.2, -0.15) is 0 Å². The molecule has 0 aromatic heterocycles. The number of urea groups is 1. The number of nitrogens with one attached hydrogen (secondary N) is 4. The predicted molar refractivity (Wildman–Crippen MR) is 196 cm³/mol. The van der Waals surface area contributed by atoms with Crippen molar-refractivity contribution in [3.8, 4) is 0 Å². The summed E-state index contributed by atoms with van der Waals surface area (Å²) in [6, 6.07) is -2.60. The summed E-state index contributed by atoms with van der Waals surface area (Å²) in [6.45, 7) is 19.1. The van der Waals surface area contributed by atoms with E-state index in [1.54, 1.807) is 12.2 Å². The normalized spacial score (nSPS) is 31.4. The lowest BCUT2D eigenvalue weighted by atomic mass is 9.62. The quantitative estimate of drug-likeness (QED) is 0.0616. The van der Waals surface area contributed by atoms with Crippen LogP contribution in [-0.4, -0.2) is 81.1 Å². The van der Waals surface area contributed by atoms with Crippen LogP contribution in [0.15, 0.2) is 38.0 Å². The molecule has 4 N–H and O–H groups in total. The largest absolute Gasteiger partial charge is 0.349 e. The van der Waals surface area contributed by atoms with Crippen LogP contribution in [0.3, 0.4) is 0 Å². The maximum absolute atomic E-state index is 14.5. The topological polar surface area (TPSA) is 137 Å². The summed E-state index contributed by atoms with van der Waals surface area (Å²) in [5, 5.41) is 10.2. The predicted octanol–water partition coefficient (Wildman–Crippen LogP) is 4.97. The highest BCUT2D eigenvalue weighted by Crippen LogP contribution is 2.60. The number of ketones is 1. The first-order chi connectivity index (χ1) is 23.0. The van der Waals surface area contributed by atoms with Crippen molar-refractivity contribution in [3.63, 3.8) is 0 Å². The summed E-state index contributed by atoms with van der Waals surface area (Å²) < 4.78 is 0. The lowest BCUT2D eigenvalue weighted by Crippen LogP contribution is -2.62. The lowest BCUT2D eigenvalue weighted by Gasteiger charge is -2.46. The van der Waals surface area contributed by atoms with Crippen molar-refractivity contribution in [2.75, 3.05) is 18.8 Å². The number of nitrogens with zero attached hydrogens (tertiary/aromatic N) is 1. The summed E-state index contributed by atoms with van der Waals surface area (Å²) in [4.78, 5) is 68.6. The molecular formula is C36H53Cl2N5O5S. The molecule has 4 rings (SSSR count). The van der Waals surface area contributed by atoms with Gasteiger partial charge in [-0.25, -0.2) is 4.79 Å². The number of rotatable bonds is 15. The summed E-state index contributed by atoms with van der Waals surface area (Å²) in [5.74, 6) is -0.962. The van der Waals surface area contributed by atoms with E-state index in [1.807, 2.05) is 20.8 Å². The Balaban J connectivity index is 1.55. The molecule has 5 amide bonds. The average Bonchev–Trinajstić information content (AvgIpc) is 3.53. The van der Waals surface area contributed by atoms with Gasteiger partial charge < -0.3 is 26.2 Å². The third-order valence-corrected chi connectivity index (χ3v) is 12.6. The number of hydrogen-bond acceptors (Lipinski definition) is 6. The smallest absolute Gasteiger partial charge is 0.315 e. The minimum atomic E-state index is -1.25. The molecule has 3 saturated carbocycles. The molecule has 4 fully saturated rings. The molecule has 3 aliphatic carbocycles. The van der Waals surface area contributed by atoms with Crippen molar-refractivity contribution in [3.05, 3.63) is 38.0 Å². The fraction of sp³-hybridized carbons (Fsp3) is 0.694. The minimum absolute atomic E-state index is 0.0191. The number of carbonyl (C=O) groups excluding carboxylic acids is 5. The van der Waals surface area contributed by atoms with Crippen LogP contribution in [0.4, 0.5) is 4.79 Å².